The fourth-order valence-electron chi connectivity index (χ4n) is 1.74. The van der Waals surface area contributed by atoms with E-state index in [9.17, 15) is 18.0 Å². The van der Waals surface area contributed by atoms with Crippen molar-refractivity contribution in [2.75, 3.05) is 0 Å². The Morgan fingerprint density at radius 2 is 1.88 bits per heavy atom. The summed E-state index contributed by atoms with van der Waals surface area (Å²) in [5.74, 6) is -1.94. The second-order valence-electron chi connectivity index (χ2n) is 5.10. The molecular formula is C10H17NO5S. The summed E-state index contributed by atoms with van der Waals surface area (Å²) in [5.41, 5.74) is 0. The number of hydrogen-bond acceptors (Lipinski definition) is 4. The zero-order valence-corrected chi connectivity index (χ0v) is 11.1. The van der Waals surface area contributed by atoms with Gasteiger partial charge in [-0.2, -0.15) is 0 Å². The molecule has 0 bridgehead atoms. The standard InChI is InChI=1S/C10H17NO5S/c1-6(2)5-7(8(12)13)11-9(14)10(3,4)17(11,15)16/h6-7H,5H2,1-4H3,(H,12,13)/t7-/m0/s1. The topological polar surface area (TPSA) is 91.8 Å². The molecule has 0 spiro atoms. The van der Waals surface area contributed by atoms with E-state index in [2.05, 4.69) is 0 Å². The summed E-state index contributed by atoms with van der Waals surface area (Å²) in [7, 11) is -3.84. The third-order valence-corrected chi connectivity index (χ3v) is 5.28. The van der Waals surface area contributed by atoms with Gasteiger partial charge in [0.15, 0.2) is 4.75 Å². The maximum absolute atomic E-state index is 11.9. The maximum Gasteiger partial charge on any atom is 0.327 e. The number of carboxylic acids is 1. The lowest BCUT2D eigenvalue weighted by atomic mass is 10.0. The van der Waals surface area contributed by atoms with E-state index in [0.717, 1.165) is 0 Å². The smallest absolute Gasteiger partial charge is 0.327 e. The van der Waals surface area contributed by atoms with Crippen LogP contribution < -0.4 is 0 Å². The van der Waals surface area contributed by atoms with Gasteiger partial charge in [-0.15, -0.1) is 0 Å². The van der Waals surface area contributed by atoms with E-state index in [1.807, 2.05) is 0 Å². The molecule has 1 fully saturated rings. The van der Waals surface area contributed by atoms with E-state index in [4.69, 9.17) is 5.11 Å². The normalized spacial score (nSPS) is 23.4. The van der Waals surface area contributed by atoms with Gasteiger partial charge in [0.05, 0.1) is 0 Å². The summed E-state index contributed by atoms with van der Waals surface area (Å²) in [6.45, 7) is 6.13. The van der Waals surface area contributed by atoms with Crippen molar-refractivity contribution in [3.05, 3.63) is 0 Å². The van der Waals surface area contributed by atoms with E-state index in [0.29, 0.717) is 4.31 Å². The molecule has 7 heteroatoms. The molecule has 0 aliphatic carbocycles. The Hall–Kier alpha value is -1.11. The number of carbonyl (C=O) groups excluding carboxylic acids is 1. The van der Waals surface area contributed by atoms with Gasteiger partial charge in [0.25, 0.3) is 15.9 Å². The van der Waals surface area contributed by atoms with Crippen LogP contribution in [-0.4, -0.2) is 40.5 Å². The quantitative estimate of drug-likeness (QED) is 0.794. The van der Waals surface area contributed by atoms with Gasteiger partial charge in [-0.05, 0) is 26.2 Å². The molecule has 0 aromatic heterocycles. The van der Waals surface area contributed by atoms with E-state index in [1.165, 1.54) is 13.8 Å². The number of amides is 1. The molecule has 0 saturated carbocycles. The Bertz CT molecular complexity index is 451. The van der Waals surface area contributed by atoms with Gasteiger partial charge in [0.1, 0.15) is 6.04 Å². The average molecular weight is 263 g/mol. The number of sulfonamides is 1. The van der Waals surface area contributed by atoms with E-state index in [-0.39, 0.29) is 12.3 Å². The molecule has 98 valence electrons. The second kappa shape index (κ2) is 3.97. The van der Waals surface area contributed by atoms with Crippen LogP contribution in [0.2, 0.25) is 0 Å². The van der Waals surface area contributed by atoms with Crippen LogP contribution in [0.15, 0.2) is 0 Å². The van der Waals surface area contributed by atoms with Crippen LogP contribution in [0.25, 0.3) is 0 Å². The molecule has 1 N–H and O–H groups in total. The monoisotopic (exact) mass is 263 g/mol. The molecule has 1 rings (SSSR count). The van der Waals surface area contributed by atoms with Crippen LogP contribution in [0.3, 0.4) is 0 Å². The first-order valence-corrected chi connectivity index (χ1v) is 6.78. The maximum atomic E-state index is 11.9. The van der Waals surface area contributed by atoms with Crippen molar-refractivity contribution in [1.29, 1.82) is 0 Å². The summed E-state index contributed by atoms with van der Waals surface area (Å²) in [5, 5.41) is 9.02. The number of nitrogens with zero attached hydrogens (tertiary/aromatic N) is 1. The number of aliphatic carboxylic acids is 1. The average Bonchev–Trinajstić information content (AvgIpc) is 2.14. The molecule has 1 amide bonds. The molecule has 0 unspecified atom stereocenters. The molecule has 6 nitrogen and oxygen atoms in total. The number of carbonyl (C=O) groups is 2. The lowest BCUT2D eigenvalue weighted by Gasteiger charge is -2.45. The van der Waals surface area contributed by atoms with E-state index in [1.54, 1.807) is 13.8 Å². The zero-order valence-electron chi connectivity index (χ0n) is 10.3. The number of carboxylic acid groups (broad SMARTS) is 1. The van der Waals surface area contributed by atoms with Gasteiger partial charge in [-0.1, -0.05) is 13.8 Å². The highest BCUT2D eigenvalue weighted by molar-refractivity contribution is 7.94. The van der Waals surface area contributed by atoms with Gasteiger partial charge in [-0.25, -0.2) is 17.5 Å². The van der Waals surface area contributed by atoms with Crippen LogP contribution in [-0.2, 0) is 19.6 Å². The largest absolute Gasteiger partial charge is 0.480 e. The van der Waals surface area contributed by atoms with Crippen molar-refractivity contribution in [2.24, 2.45) is 5.92 Å². The van der Waals surface area contributed by atoms with Crippen molar-refractivity contribution in [3.8, 4) is 0 Å². The van der Waals surface area contributed by atoms with Gasteiger partial charge in [-0.3, -0.25) is 4.79 Å². The van der Waals surface area contributed by atoms with E-state index >= 15 is 0 Å². The summed E-state index contributed by atoms with van der Waals surface area (Å²) >= 11 is 0. The zero-order chi connectivity index (χ0) is 13.6. The molecule has 1 saturated heterocycles. The fourth-order valence-corrected chi connectivity index (χ4v) is 3.38. The molecule has 1 heterocycles. The third-order valence-electron chi connectivity index (χ3n) is 2.88. The Labute approximate surface area is 101 Å². The Kier molecular flexibility index (Phi) is 3.26. The summed E-state index contributed by atoms with van der Waals surface area (Å²) < 4.78 is 22.7. The Morgan fingerprint density at radius 1 is 1.41 bits per heavy atom. The van der Waals surface area contributed by atoms with Gasteiger partial charge >= 0.3 is 5.97 Å². The molecule has 1 atom stereocenters. The Balaban J connectivity index is 3.08. The lowest BCUT2D eigenvalue weighted by Crippen LogP contribution is -2.71. The second-order valence-corrected chi connectivity index (χ2v) is 7.46. The minimum absolute atomic E-state index is 0.0113. The first kappa shape index (κ1) is 14.0. The van der Waals surface area contributed by atoms with Crippen LogP contribution in [0.4, 0.5) is 0 Å². The predicted octanol–water partition coefficient (Wildman–Crippen LogP) is 0.436. The van der Waals surface area contributed by atoms with Gasteiger partial charge in [0, 0.05) is 0 Å². The molecule has 0 radical (unpaired) electrons. The number of hydrogen-bond donors (Lipinski definition) is 1. The minimum atomic E-state index is -3.84. The molecule has 0 aromatic carbocycles. The van der Waals surface area contributed by atoms with E-state index < -0.39 is 32.7 Å². The molecule has 0 aromatic rings. The minimum Gasteiger partial charge on any atom is -0.480 e. The number of rotatable bonds is 4. The predicted molar refractivity (Wildman–Crippen MR) is 60.7 cm³/mol. The summed E-state index contributed by atoms with van der Waals surface area (Å²) in [6.07, 6.45) is 0.121. The van der Waals surface area contributed by atoms with Crippen LogP contribution >= 0.6 is 0 Å². The van der Waals surface area contributed by atoms with Gasteiger partial charge in [0.2, 0.25) is 0 Å². The van der Waals surface area contributed by atoms with Crippen LogP contribution in [0.5, 0.6) is 0 Å². The van der Waals surface area contributed by atoms with Crippen molar-refractivity contribution >= 4 is 21.9 Å². The summed E-state index contributed by atoms with van der Waals surface area (Å²) in [6, 6.07) is -1.29. The molecule has 1 aliphatic rings. The van der Waals surface area contributed by atoms with Crippen molar-refractivity contribution in [2.45, 2.75) is 44.9 Å². The SMILES string of the molecule is CC(C)C[C@@H](C(=O)O)N1C(=O)C(C)(C)S1(=O)=O. The highest BCUT2D eigenvalue weighted by Crippen LogP contribution is 2.37. The van der Waals surface area contributed by atoms with Gasteiger partial charge < -0.3 is 5.11 Å². The molecule has 17 heavy (non-hydrogen) atoms. The van der Waals surface area contributed by atoms with Crippen molar-refractivity contribution in [3.63, 3.8) is 0 Å². The molecular weight excluding hydrogens is 246 g/mol. The third kappa shape index (κ3) is 1.92. The first-order chi connectivity index (χ1) is 7.53. The first-order valence-electron chi connectivity index (χ1n) is 5.34. The van der Waals surface area contributed by atoms with Crippen LogP contribution in [0, 0.1) is 5.92 Å². The fraction of sp³-hybridized carbons (Fsp3) is 0.800. The Morgan fingerprint density at radius 3 is 2.18 bits per heavy atom. The summed E-state index contributed by atoms with van der Waals surface area (Å²) in [4.78, 5) is 22.8. The highest BCUT2D eigenvalue weighted by Gasteiger charge is 2.63. The molecule has 1 aliphatic heterocycles. The van der Waals surface area contributed by atoms with Crippen LogP contribution in [0.1, 0.15) is 34.1 Å². The highest BCUT2D eigenvalue weighted by atomic mass is 32.2. The van der Waals surface area contributed by atoms with Crippen molar-refractivity contribution < 1.29 is 23.1 Å². The van der Waals surface area contributed by atoms with Crippen molar-refractivity contribution in [1.82, 2.24) is 4.31 Å². The lowest BCUT2D eigenvalue weighted by molar-refractivity contribution is -0.149.